The summed E-state index contributed by atoms with van der Waals surface area (Å²) in [6, 6.07) is 0. The average molecular weight is 1240 g/mol. The summed E-state index contributed by atoms with van der Waals surface area (Å²) in [5.41, 5.74) is 0. The summed E-state index contributed by atoms with van der Waals surface area (Å²) < 4.78 is 397. The molecule has 33 heteroatoms. The van der Waals surface area contributed by atoms with Crippen LogP contribution in [0.2, 0.25) is 0 Å². The minimum atomic E-state index is -12.7. The third-order valence-electron chi connectivity index (χ3n) is 9.63. The summed E-state index contributed by atoms with van der Waals surface area (Å²) >= 11 is -25.4. The van der Waals surface area contributed by atoms with E-state index in [1.807, 2.05) is 0 Å². The molecule has 3 nitrogen and oxygen atoms in total. The Balaban J connectivity index is 9.85. The van der Waals surface area contributed by atoms with Gasteiger partial charge in [0, 0.05) is 0 Å². The Morgan fingerprint density at radius 2 is 0.477 bits per heavy atom. The molecule has 0 aromatic heterocycles. The molecule has 0 unspecified atom stereocenters. The first-order valence-electron chi connectivity index (χ1n) is 18.8. The number of hydrogen-bond acceptors (Lipinski definition) is 3. The SMILES string of the molecule is CCCCCCCC[O][Sn]([O][Sn]([O]CCCCCCCC)([C](F)(F)C(F)(F)C(F)(F)CF)[C](F)(F)C(F)(F)C(F)(F)CF)([C](F)(F)C(F)(F)C(F)(F)CF)[C](F)(F)C(F)(F)C(F)(F)CF. The van der Waals surface area contributed by atoms with Crippen LogP contribution in [0.1, 0.15) is 90.9 Å². The first-order chi connectivity index (χ1) is 29.1. The molecule has 65 heavy (non-hydrogen) atoms. The zero-order chi connectivity index (χ0) is 51.8. The van der Waals surface area contributed by atoms with Crippen molar-refractivity contribution < 1.29 is 130 Å². The Morgan fingerprint density at radius 3 is 0.662 bits per heavy atom. The molecule has 0 bridgehead atoms. The summed E-state index contributed by atoms with van der Waals surface area (Å²) in [5, 5.41) is 0. The van der Waals surface area contributed by atoms with E-state index in [-0.39, 0.29) is 38.5 Å². The van der Waals surface area contributed by atoms with Gasteiger partial charge in [0.25, 0.3) is 0 Å². The van der Waals surface area contributed by atoms with Gasteiger partial charge in [-0.2, -0.15) is 0 Å². The summed E-state index contributed by atoms with van der Waals surface area (Å²) in [5.74, 6) is -64.7. The molecule has 0 radical (unpaired) electrons. The van der Waals surface area contributed by atoms with E-state index in [1.54, 1.807) is 0 Å². The Labute approximate surface area is 361 Å². The van der Waals surface area contributed by atoms with Crippen LogP contribution in [0.15, 0.2) is 0 Å². The van der Waals surface area contributed by atoms with Gasteiger partial charge in [-0.05, 0) is 0 Å². The van der Waals surface area contributed by atoms with Gasteiger partial charge in [-0.15, -0.1) is 0 Å². The Kier molecular flexibility index (Phi) is 22.6. The summed E-state index contributed by atoms with van der Waals surface area (Å²) in [6.07, 6.45) is -5.06. The van der Waals surface area contributed by atoms with Crippen molar-refractivity contribution >= 4 is 38.4 Å². The van der Waals surface area contributed by atoms with E-state index in [9.17, 15) is 52.7 Å². The maximum absolute atomic E-state index is 16.5. The van der Waals surface area contributed by atoms with Crippen LogP contribution in [0, 0.1) is 0 Å². The van der Waals surface area contributed by atoms with Crippen LogP contribution in [0.5, 0.6) is 0 Å². The topological polar surface area (TPSA) is 27.7 Å². The van der Waals surface area contributed by atoms with Gasteiger partial charge in [0.05, 0.1) is 0 Å². The monoisotopic (exact) mass is 1250 g/mol. The molecule has 0 rings (SSSR count). The van der Waals surface area contributed by atoms with Crippen LogP contribution in [0.25, 0.3) is 0 Å². The molecule has 0 aliphatic heterocycles. The number of unbranched alkanes of at least 4 members (excludes halogenated alkanes) is 10. The molecule has 392 valence electrons. The average Bonchev–Trinajstić information content (AvgIpc) is 3.20. The van der Waals surface area contributed by atoms with Gasteiger partial charge in [0.1, 0.15) is 0 Å². The van der Waals surface area contributed by atoms with Crippen molar-refractivity contribution in [2.45, 2.75) is 154 Å². The Hall–Kier alpha value is -0.483. The molecule has 0 fully saturated rings. The van der Waals surface area contributed by atoms with E-state index in [0.717, 1.165) is 0 Å². The molecule has 0 amide bonds. The third kappa shape index (κ3) is 11.4. The van der Waals surface area contributed by atoms with E-state index in [0.29, 0.717) is 0 Å². The molecule has 0 saturated heterocycles. The number of halogens is 28. The van der Waals surface area contributed by atoms with Crippen molar-refractivity contribution in [3.63, 3.8) is 0 Å². The molecule has 0 N–H and O–H groups in total. The third-order valence-corrected chi connectivity index (χ3v) is 38.8. The van der Waals surface area contributed by atoms with Gasteiger partial charge in [-0.25, -0.2) is 0 Å². The molecule has 0 aromatic carbocycles. The van der Waals surface area contributed by atoms with Crippen LogP contribution >= 0.6 is 0 Å². The predicted octanol–water partition coefficient (Wildman–Crippen LogP) is 14.3. The first kappa shape index (κ1) is 64.5. The fraction of sp³-hybridized carbons (Fsp3) is 1.00. The van der Waals surface area contributed by atoms with Crippen molar-refractivity contribution in [3.8, 4) is 0 Å². The normalized spacial score (nSPS) is 15.6. The van der Waals surface area contributed by atoms with E-state index in [2.05, 4.69) is 7.56 Å². The van der Waals surface area contributed by atoms with Gasteiger partial charge in [-0.3, -0.25) is 0 Å². The van der Waals surface area contributed by atoms with Gasteiger partial charge in [-0.1, -0.05) is 0 Å². The second-order valence-electron chi connectivity index (χ2n) is 14.5. The van der Waals surface area contributed by atoms with Crippen LogP contribution in [-0.4, -0.2) is 141 Å². The van der Waals surface area contributed by atoms with Crippen molar-refractivity contribution in [2.75, 3.05) is 39.9 Å². The van der Waals surface area contributed by atoms with Gasteiger partial charge in [0.2, 0.25) is 0 Å². The van der Waals surface area contributed by atoms with Crippen molar-refractivity contribution in [1.82, 2.24) is 0 Å². The molecule has 0 saturated carbocycles. The molecule has 0 spiro atoms. The van der Waals surface area contributed by atoms with Crippen molar-refractivity contribution in [1.29, 1.82) is 0 Å². The van der Waals surface area contributed by atoms with Crippen molar-refractivity contribution in [3.05, 3.63) is 0 Å². The van der Waals surface area contributed by atoms with Crippen LogP contribution in [0.4, 0.5) is 123 Å². The first-order valence-corrected chi connectivity index (χ1v) is 29.2. The summed E-state index contributed by atoms with van der Waals surface area (Å²) in [7, 11) is 0. The molecule has 0 aliphatic rings. The zero-order valence-electron chi connectivity index (χ0n) is 33.5. The van der Waals surface area contributed by atoms with Crippen LogP contribution < -0.4 is 0 Å². The second kappa shape index (κ2) is 22.7. The predicted molar refractivity (Wildman–Crippen MR) is 175 cm³/mol. The van der Waals surface area contributed by atoms with Crippen LogP contribution in [0.3, 0.4) is 0 Å². The number of hydrogen-bond donors (Lipinski definition) is 0. The quantitative estimate of drug-likeness (QED) is 0.0365. The summed E-state index contributed by atoms with van der Waals surface area (Å²) in [4.78, 5) is 0. The number of rotatable bonds is 34. The number of alkyl halides is 28. The molecule has 0 aliphatic carbocycles. The zero-order valence-corrected chi connectivity index (χ0v) is 39.2. The molecule has 0 heterocycles. The van der Waals surface area contributed by atoms with E-state index in [4.69, 9.17) is 0 Å². The van der Waals surface area contributed by atoms with E-state index < -0.39 is 180 Å². The molecule has 0 atom stereocenters. The standard InChI is InChI=1S/2C8H17O.4C4H2F7.O.2Sn/c2*1-2-3-4-5-6-7-8-9;4*5-1-3(8,9)4(10,11)2(6)7;;;/h2*2-8H2,1H3;4*1H2;;;/q2*-1;;;;;;2*+1. The van der Waals surface area contributed by atoms with Crippen molar-refractivity contribution in [2.24, 2.45) is 0 Å². The Morgan fingerprint density at radius 1 is 0.292 bits per heavy atom. The second-order valence-corrected chi connectivity index (χ2v) is 34.9. The van der Waals surface area contributed by atoms with Gasteiger partial charge in [0.15, 0.2) is 0 Å². The van der Waals surface area contributed by atoms with E-state index >= 15 is 70.2 Å². The summed E-state index contributed by atoms with van der Waals surface area (Å²) in [6.45, 7) is -20.4. The molecule has 0 aromatic rings. The molecular weight excluding hydrogens is 1200 g/mol. The Bertz CT molecular complexity index is 1260. The molecular formula is C32H42F28O3Sn2. The fourth-order valence-corrected chi connectivity index (χ4v) is 41.9. The fourth-order valence-electron chi connectivity index (χ4n) is 5.55. The van der Waals surface area contributed by atoms with Gasteiger partial charge >= 0.3 is 363 Å². The van der Waals surface area contributed by atoms with E-state index in [1.165, 1.54) is 13.8 Å². The minimum absolute atomic E-state index is 0.0741. The maximum atomic E-state index is 16.5. The van der Waals surface area contributed by atoms with Crippen LogP contribution in [-0.2, 0) is 7.56 Å². The van der Waals surface area contributed by atoms with Gasteiger partial charge < -0.3 is 0 Å².